The Morgan fingerprint density at radius 2 is 1.97 bits per heavy atom. The summed E-state index contributed by atoms with van der Waals surface area (Å²) in [6.07, 6.45) is 3.24. The average Bonchev–Trinajstić information content (AvgIpc) is 2.82. The van der Waals surface area contributed by atoms with Gasteiger partial charge in [-0.2, -0.15) is 0 Å². The van der Waals surface area contributed by atoms with Crippen LogP contribution in [-0.4, -0.2) is 36.3 Å². The Bertz CT molecular complexity index is 1040. The van der Waals surface area contributed by atoms with Gasteiger partial charge in [-0.1, -0.05) is 30.4 Å². The van der Waals surface area contributed by atoms with Gasteiger partial charge in [0.05, 0.1) is 25.7 Å². The lowest BCUT2D eigenvalue weighted by Crippen LogP contribution is -2.38. The monoisotopic (exact) mass is 483 g/mol. The number of rotatable bonds is 14. The normalized spacial score (nSPS) is 12.3. The van der Waals surface area contributed by atoms with E-state index in [0.29, 0.717) is 17.9 Å². The van der Waals surface area contributed by atoms with Crippen LogP contribution in [0.2, 0.25) is 0 Å². The fourth-order valence-corrected chi connectivity index (χ4v) is 3.67. The van der Waals surface area contributed by atoms with E-state index >= 15 is 4.39 Å². The smallest absolute Gasteiger partial charge is 0.308 e. The van der Waals surface area contributed by atoms with Crippen molar-refractivity contribution in [2.45, 2.75) is 51.7 Å². The highest BCUT2D eigenvalue weighted by molar-refractivity contribution is 5.82. The minimum Gasteiger partial charge on any atom is -0.493 e. The van der Waals surface area contributed by atoms with E-state index in [9.17, 15) is 14.7 Å². The quantitative estimate of drug-likeness (QED) is 0.219. The topological polar surface area (TPSA) is 84.9 Å². The summed E-state index contributed by atoms with van der Waals surface area (Å²) in [6.45, 7) is 11.5. The number of carbonyl (C=O) groups is 2. The molecule has 0 bridgehead atoms. The van der Waals surface area contributed by atoms with E-state index in [-0.39, 0.29) is 25.0 Å². The molecule has 6 nitrogen and oxygen atoms in total. The van der Waals surface area contributed by atoms with E-state index < -0.39 is 29.8 Å². The maximum atomic E-state index is 15.0. The van der Waals surface area contributed by atoms with Gasteiger partial charge in [-0.25, -0.2) is 4.39 Å². The minimum absolute atomic E-state index is 0.0241. The van der Waals surface area contributed by atoms with Gasteiger partial charge in [0.25, 0.3) is 0 Å². The molecular formula is C28H34FNO5. The maximum Gasteiger partial charge on any atom is 0.308 e. The molecule has 2 N–H and O–H groups in total. The molecule has 0 spiro atoms. The van der Waals surface area contributed by atoms with Crippen LogP contribution in [-0.2, 0) is 14.3 Å². The van der Waals surface area contributed by atoms with Crippen molar-refractivity contribution in [3.8, 4) is 16.9 Å². The Kier molecular flexibility index (Phi) is 11.2. The van der Waals surface area contributed by atoms with Crippen molar-refractivity contribution in [1.82, 2.24) is 5.32 Å². The predicted molar refractivity (Wildman–Crippen MR) is 134 cm³/mol. The summed E-state index contributed by atoms with van der Waals surface area (Å²) >= 11 is 0. The third-order valence-electron chi connectivity index (χ3n) is 5.39. The van der Waals surface area contributed by atoms with Crippen molar-refractivity contribution in [3.63, 3.8) is 0 Å². The van der Waals surface area contributed by atoms with Crippen molar-refractivity contribution < 1.29 is 28.6 Å². The molecule has 2 aromatic rings. The number of unbranched alkanes of at least 4 members (excludes halogenated alkanes) is 1. The zero-order valence-electron chi connectivity index (χ0n) is 20.4. The molecule has 0 aliphatic carbocycles. The molecule has 0 aromatic heterocycles. The third-order valence-corrected chi connectivity index (χ3v) is 5.39. The van der Waals surface area contributed by atoms with Crippen LogP contribution in [0.25, 0.3) is 11.1 Å². The molecule has 2 rings (SSSR count). The first-order chi connectivity index (χ1) is 16.8. The summed E-state index contributed by atoms with van der Waals surface area (Å²) in [5.41, 5.74) is 2.50. The van der Waals surface area contributed by atoms with Gasteiger partial charge >= 0.3 is 5.97 Å². The van der Waals surface area contributed by atoms with Gasteiger partial charge in [-0.3, -0.25) is 9.59 Å². The number of hydrogen-bond acceptors (Lipinski definition) is 5. The first-order valence-electron chi connectivity index (χ1n) is 11.7. The van der Waals surface area contributed by atoms with E-state index in [0.717, 1.165) is 24.0 Å². The molecule has 0 fully saturated rings. The average molecular weight is 484 g/mol. The molecule has 0 saturated heterocycles. The molecule has 35 heavy (non-hydrogen) atoms. The van der Waals surface area contributed by atoms with Crippen molar-refractivity contribution in [2.75, 3.05) is 13.2 Å². The second-order valence-electron chi connectivity index (χ2n) is 8.07. The second-order valence-corrected chi connectivity index (χ2v) is 8.07. The number of aliphatic hydroxyl groups is 1. The molecule has 0 heterocycles. The number of hydrogen-bond donors (Lipinski definition) is 2. The number of aliphatic hydroxyl groups excluding tert-OH is 1. The molecule has 2 atom stereocenters. The number of aryl methyl sites for hydroxylation is 1. The lowest BCUT2D eigenvalue weighted by molar-refractivity contribution is -0.144. The first kappa shape index (κ1) is 27.8. The Balaban J connectivity index is 2.46. The summed E-state index contributed by atoms with van der Waals surface area (Å²) in [5.74, 6) is -1.27. The van der Waals surface area contributed by atoms with Gasteiger partial charge in [-0.05, 0) is 56.0 Å². The molecule has 0 unspecified atom stereocenters. The predicted octanol–water partition coefficient (Wildman–Crippen LogP) is 5.19. The second kappa shape index (κ2) is 14.1. The van der Waals surface area contributed by atoms with Gasteiger partial charge in [0.1, 0.15) is 17.7 Å². The summed E-state index contributed by atoms with van der Waals surface area (Å²) in [6, 6.07) is 9.15. The lowest BCUT2D eigenvalue weighted by atomic mass is 9.94. The van der Waals surface area contributed by atoms with Crippen LogP contribution in [0.5, 0.6) is 5.75 Å². The lowest BCUT2D eigenvalue weighted by Gasteiger charge is -2.22. The van der Waals surface area contributed by atoms with Crippen molar-refractivity contribution in [3.05, 3.63) is 78.7 Å². The number of ether oxygens (including phenoxy) is 2. The largest absolute Gasteiger partial charge is 0.493 e. The first-order valence-corrected chi connectivity index (χ1v) is 11.7. The number of benzene rings is 2. The Hall–Kier alpha value is -3.45. The zero-order chi connectivity index (χ0) is 25.8. The molecule has 0 radical (unpaired) electrons. The van der Waals surface area contributed by atoms with Gasteiger partial charge in [0, 0.05) is 17.5 Å². The fraction of sp³-hybridized carbons (Fsp3) is 0.357. The van der Waals surface area contributed by atoms with E-state index in [1.54, 1.807) is 19.1 Å². The van der Waals surface area contributed by atoms with E-state index in [1.165, 1.54) is 12.1 Å². The minimum atomic E-state index is -1.37. The summed E-state index contributed by atoms with van der Waals surface area (Å²) in [5, 5.41) is 12.6. The summed E-state index contributed by atoms with van der Waals surface area (Å²) in [4.78, 5) is 24.7. The molecule has 1 amide bonds. The van der Waals surface area contributed by atoms with Crippen LogP contribution in [0.3, 0.4) is 0 Å². The van der Waals surface area contributed by atoms with Gasteiger partial charge < -0.3 is 19.9 Å². The molecular weight excluding hydrogens is 449 g/mol. The van der Waals surface area contributed by atoms with Crippen molar-refractivity contribution in [1.29, 1.82) is 0 Å². The van der Waals surface area contributed by atoms with Crippen molar-refractivity contribution in [2.24, 2.45) is 0 Å². The van der Waals surface area contributed by atoms with Crippen LogP contribution < -0.4 is 10.1 Å². The SMILES string of the molecule is C=CCCCOc1cccc(C)c1-c1ccc(F)c([C@H](CC(=O)OCC)NC(=O)[C@H](O)CC=C)c1. The van der Waals surface area contributed by atoms with Crippen LogP contribution in [0, 0.1) is 12.7 Å². The molecule has 7 heteroatoms. The van der Waals surface area contributed by atoms with E-state index in [1.807, 2.05) is 31.2 Å². The number of carbonyl (C=O) groups excluding carboxylic acids is 2. The van der Waals surface area contributed by atoms with Gasteiger partial charge in [-0.15, -0.1) is 13.2 Å². The number of halogens is 1. The highest BCUT2D eigenvalue weighted by Gasteiger charge is 2.26. The van der Waals surface area contributed by atoms with Gasteiger partial charge in [0.15, 0.2) is 0 Å². The number of nitrogens with one attached hydrogen (secondary N) is 1. The molecule has 0 aliphatic rings. The Morgan fingerprint density at radius 3 is 2.66 bits per heavy atom. The highest BCUT2D eigenvalue weighted by Crippen LogP contribution is 2.36. The summed E-state index contributed by atoms with van der Waals surface area (Å²) < 4.78 is 26.1. The van der Waals surface area contributed by atoms with Crippen LogP contribution in [0.4, 0.5) is 4.39 Å². The Labute approximate surface area is 206 Å². The molecule has 0 saturated carbocycles. The van der Waals surface area contributed by atoms with Gasteiger partial charge in [0.2, 0.25) is 5.91 Å². The van der Waals surface area contributed by atoms with E-state index in [2.05, 4.69) is 18.5 Å². The highest BCUT2D eigenvalue weighted by atomic mass is 19.1. The molecule has 0 aliphatic heterocycles. The number of allylic oxidation sites excluding steroid dienone is 1. The summed E-state index contributed by atoms with van der Waals surface area (Å²) in [7, 11) is 0. The molecule has 2 aromatic carbocycles. The maximum absolute atomic E-state index is 15.0. The number of esters is 1. The van der Waals surface area contributed by atoms with Crippen LogP contribution in [0.1, 0.15) is 49.8 Å². The zero-order valence-corrected chi connectivity index (χ0v) is 20.4. The Morgan fingerprint density at radius 1 is 1.20 bits per heavy atom. The van der Waals surface area contributed by atoms with Crippen molar-refractivity contribution >= 4 is 11.9 Å². The van der Waals surface area contributed by atoms with Crippen LogP contribution in [0.15, 0.2) is 61.7 Å². The number of amides is 1. The van der Waals surface area contributed by atoms with E-state index in [4.69, 9.17) is 9.47 Å². The van der Waals surface area contributed by atoms with Crippen LogP contribution >= 0.6 is 0 Å². The third kappa shape index (κ3) is 8.07. The molecule has 188 valence electrons. The standard InChI is InChI=1S/C28H34FNO5/c1-5-8-9-16-35-25-13-10-12-19(4)27(25)20-14-15-22(29)21(17-20)23(18-26(32)34-7-3)30-28(33)24(31)11-6-2/h5-6,10,12-15,17,23-24,31H,1-2,7-9,11,16,18H2,3-4H3,(H,30,33)/t23-,24+/m0/s1. The fourth-order valence-electron chi connectivity index (χ4n) is 3.67.